The normalized spacial score (nSPS) is 17.1. The van der Waals surface area contributed by atoms with E-state index in [-0.39, 0.29) is 12.2 Å². The van der Waals surface area contributed by atoms with Gasteiger partial charge in [-0.05, 0) is 56.7 Å². The Morgan fingerprint density at radius 1 is 1.06 bits per heavy atom. The molecule has 1 saturated heterocycles. The van der Waals surface area contributed by atoms with Crippen molar-refractivity contribution >= 4 is 33.2 Å². The second-order valence-corrected chi connectivity index (χ2v) is 9.32. The molecule has 1 aliphatic rings. The summed E-state index contributed by atoms with van der Waals surface area (Å²) in [5.41, 5.74) is -3.85. The highest BCUT2D eigenvalue weighted by Gasteiger charge is 2.47. The van der Waals surface area contributed by atoms with E-state index in [1.165, 1.54) is 4.90 Å². The molecule has 0 bridgehead atoms. The first-order valence-electron chi connectivity index (χ1n) is 10.2. The number of pyridine rings is 1. The van der Waals surface area contributed by atoms with E-state index in [1.54, 1.807) is 25.4 Å². The van der Waals surface area contributed by atoms with Crippen molar-refractivity contribution in [3.8, 4) is 0 Å². The first-order valence-corrected chi connectivity index (χ1v) is 11.7. The number of sulfone groups is 1. The standard InChI is InChI=1S/C21H23F3N4O4S/c1-4-26(5-2)18-12-25-11-10-15(18)13-27-14(3)19(29)28(20(27)30)16-6-8-17(9-7-16)33(31,32)21(22,23)24/h6-12,14H,4-5,13H2,1-3H3. The number of anilines is 2. The summed E-state index contributed by atoms with van der Waals surface area (Å²) >= 11 is 0. The van der Waals surface area contributed by atoms with E-state index >= 15 is 0 Å². The molecule has 1 atom stereocenters. The monoisotopic (exact) mass is 484 g/mol. The SMILES string of the molecule is CCN(CC)c1cnccc1CN1C(=O)N(c2ccc(S(=O)(=O)C(F)(F)F)cc2)C(=O)C1C. The number of halogens is 3. The summed E-state index contributed by atoms with van der Waals surface area (Å²) in [6.07, 6.45) is 3.28. The molecular formula is C21H23F3N4O4S. The lowest BCUT2D eigenvalue weighted by atomic mass is 10.1. The Kier molecular flexibility index (Phi) is 6.68. The van der Waals surface area contributed by atoms with E-state index in [9.17, 15) is 31.2 Å². The summed E-state index contributed by atoms with van der Waals surface area (Å²) in [6.45, 7) is 7.08. The fourth-order valence-electron chi connectivity index (χ4n) is 3.64. The molecular weight excluding hydrogens is 461 g/mol. The van der Waals surface area contributed by atoms with Crippen LogP contribution >= 0.6 is 0 Å². The lowest BCUT2D eigenvalue weighted by Gasteiger charge is -2.26. The maximum atomic E-state index is 13.1. The number of amides is 3. The zero-order valence-electron chi connectivity index (χ0n) is 18.2. The maximum absolute atomic E-state index is 13.1. The minimum Gasteiger partial charge on any atom is -0.371 e. The molecule has 1 aliphatic heterocycles. The number of urea groups is 1. The summed E-state index contributed by atoms with van der Waals surface area (Å²) in [5, 5.41) is 0. The first kappa shape index (κ1) is 24.5. The van der Waals surface area contributed by atoms with Crippen molar-refractivity contribution in [2.24, 2.45) is 0 Å². The van der Waals surface area contributed by atoms with Crippen LogP contribution in [-0.2, 0) is 21.2 Å². The van der Waals surface area contributed by atoms with Gasteiger partial charge in [0.05, 0.1) is 29.0 Å². The average molecular weight is 485 g/mol. The first-order chi connectivity index (χ1) is 15.4. The third-order valence-electron chi connectivity index (χ3n) is 5.52. The summed E-state index contributed by atoms with van der Waals surface area (Å²) in [6, 6.07) is 3.77. The number of hydrogen-bond donors (Lipinski definition) is 0. The number of imide groups is 1. The van der Waals surface area contributed by atoms with Crippen molar-refractivity contribution < 1.29 is 31.2 Å². The Morgan fingerprint density at radius 3 is 2.21 bits per heavy atom. The number of hydrogen-bond acceptors (Lipinski definition) is 6. The molecule has 0 saturated carbocycles. The van der Waals surface area contributed by atoms with Gasteiger partial charge in [0.25, 0.3) is 15.7 Å². The van der Waals surface area contributed by atoms with Crippen molar-refractivity contribution in [2.45, 2.75) is 43.8 Å². The zero-order chi connectivity index (χ0) is 24.6. The Labute approximate surface area is 189 Å². The Hall–Kier alpha value is -3.15. The topological polar surface area (TPSA) is 90.9 Å². The number of carbonyl (C=O) groups excluding carboxylic acids is 2. The number of alkyl halides is 3. The van der Waals surface area contributed by atoms with E-state index in [0.717, 1.165) is 53.5 Å². The van der Waals surface area contributed by atoms with Crippen LogP contribution in [0.15, 0.2) is 47.6 Å². The molecule has 0 aliphatic carbocycles. The Morgan fingerprint density at radius 2 is 1.67 bits per heavy atom. The highest BCUT2D eigenvalue weighted by molar-refractivity contribution is 7.92. The van der Waals surface area contributed by atoms with Crippen LogP contribution in [0.1, 0.15) is 26.3 Å². The molecule has 2 heterocycles. The lowest BCUT2D eigenvalue weighted by Crippen LogP contribution is -2.34. The van der Waals surface area contributed by atoms with Gasteiger partial charge in [0.1, 0.15) is 6.04 Å². The van der Waals surface area contributed by atoms with Crippen LogP contribution in [0.5, 0.6) is 0 Å². The molecule has 0 N–H and O–H groups in total. The van der Waals surface area contributed by atoms with Gasteiger partial charge in [0.2, 0.25) is 0 Å². The number of rotatable bonds is 7. The molecule has 3 amide bonds. The molecule has 33 heavy (non-hydrogen) atoms. The maximum Gasteiger partial charge on any atom is 0.501 e. The van der Waals surface area contributed by atoms with Gasteiger partial charge in [-0.15, -0.1) is 0 Å². The van der Waals surface area contributed by atoms with Gasteiger partial charge in [-0.2, -0.15) is 13.2 Å². The summed E-state index contributed by atoms with van der Waals surface area (Å²) in [4.78, 5) is 33.4. The van der Waals surface area contributed by atoms with Gasteiger partial charge in [0, 0.05) is 19.3 Å². The van der Waals surface area contributed by atoms with Crippen molar-refractivity contribution in [1.82, 2.24) is 9.88 Å². The summed E-state index contributed by atoms with van der Waals surface area (Å²) < 4.78 is 61.5. The molecule has 1 fully saturated rings. The smallest absolute Gasteiger partial charge is 0.371 e. The van der Waals surface area contributed by atoms with Crippen LogP contribution in [0, 0.1) is 0 Å². The number of nitrogens with zero attached hydrogens (tertiary/aromatic N) is 4. The van der Waals surface area contributed by atoms with Gasteiger partial charge in [-0.3, -0.25) is 9.78 Å². The summed E-state index contributed by atoms with van der Waals surface area (Å²) in [7, 11) is -5.53. The van der Waals surface area contributed by atoms with Crippen LogP contribution in [0.25, 0.3) is 0 Å². The lowest BCUT2D eigenvalue weighted by molar-refractivity contribution is -0.119. The van der Waals surface area contributed by atoms with Gasteiger partial charge in [0.15, 0.2) is 0 Å². The minimum absolute atomic E-state index is 0.0147. The largest absolute Gasteiger partial charge is 0.501 e. The molecule has 1 aromatic heterocycles. The average Bonchev–Trinajstić information content (AvgIpc) is 2.98. The van der Waals surface area contributed by atoms with Gasteiger partial charge >= 0.3 is 11.5 Å². The molecule has 1 unspecified atom stereocenters. The van der Waals surface area contributed by atoms with E-state index in [2.05, 4.69) is 9.88 Å². The van der Waals surface area contributed by atoms with E-state index in [1.807, 2.05) is 13.8 Å². The molecule has 2 aromatic rings. The molecule has 3 rings (SSSR count). The third kappa shape index (κ3) is 4.39. The second-order valence-electron chi connectivity index (χ2n) is 7.38. The third-order valence-corrected chi connectivity index (χ3v) is 7.03. The molecule has 1 aromatic carbocycles. The quantitative estimate of drug-likeness (QED) is 0.558. The molecule has 0 spiro atoms. The van der Waals surface area contributed by atoms with Crippen molar-refractivity contribution in [3.63, 3.8) is 0 Å². The second kappa shape index (κ2) is 9.00. The Balaban J connectivity index is 1.89. The molecule has 8 nitrogen and oxygen atoms in total. The van der Waals surface area contributed by atoms with Crippen LogP contribution in [0.3, 0.4) is 0 Å². The van der Waals surface area contributed by atoms with Gasteiger partial charge in [-0.1, -0.05) is 0 Å². The van der Waals surface area contributed by atoms with E-state index in [4.69, 9.17) is 0 Å². The minimum atomic E-state index is -5.53. The van der Waals surface area contributed by atoms with Crippen molar-refractivity contribution in [1.29, 1.82) is 0 Å². The number of aromatic nitrogens is 1. The zero-order valence-corrected chi connectivity index (χ0v) is 19.0. The fourth-order valence-corrected chi connectivity index (χ4v) is 4.40. The van der Waals surface area contributed by atoms with Crippen LogP contribution in [0.4, 0.5) is 29.3 Å². The van der Waals surface area contributed by atoms with Crippen LogP contribution < -0.4 is 9.80 Å². The fraction of sp³-hybridized carbons (Fsp3) is 0.381. The van der Waals surface area contributed by atoms with Crippen LogP contribution in [0.2, 0.25) is 0 Å². The molecule has 12 heteroatoms. The van der Waals surface area contributed by atoms with E-state index in [0.29, 0.717) is 0 Å². The van der Waals surface area contributed by atoms with Gasteiger partial charge in [-0.25, -0.2) is 18.1 Å². The highest BCUT2D eigenvalue weighted by atomic mass is 32.2. The molecule has 0 radical (unpaired) electrons. The van der Waals surface area contributed by atoms with Crippen molar-refractivity contribution in [2.75, 3.05) is 22.9 Å². The highest BCUT2D eigenvalue weighted by Crippen LogP contribution is 2.33. The van der Waals surface area contributed by atoms with Gasteiger partial charge < -0.3 is 9.80 Å². The number of benzene rings is 1. The van der Waals surface area contributed by atoms with Crippen molar-refractivity contribution in [3.05, 3.63) is 48.3 Å². The number of carbonyl (C=O) groups is 2. The van der Waals surface area contributed by atoms with E-state index < -0.39 is 38.2 Å². The predicted molar refractivity (Wildman–Crippen MR) is 115 cm³/mol. The predicted octanol–water partition coefficient (Wildman–Crippen LogP) is 3.58. The molecule has 178 valence electrons. The summed E-state index contributed by atoms with van der Waals surface area (Å²) in [5.74, 6) is -0.565. The Bertz CT molecular complexity index is 1150. The van der Waals surface area contributed by atoms with Crippen LogP contribution in [-0.4, -0.2) is 54.9 Å².